The molecule has 2 aromatic carbocycles. The van der Waals surface area contributed by atoms with Crippen molar-refractivity contribution in [3.8, 4) is 11.1 Å². The monoisotopic (exact) mass is 343 g/mol. The molecule has 26 heavy (non-hydrogen) atoms. The number of carbonyl (C=O) groups is 3. The number of imide groups is 1. The van der Waals surface area contributed by atoms with E-state index in [0.29, 0.717) is 11.5 Å². The Labute approximate surface area is 161 Å². The van der Waals surface area contributed by atoms with Gasteiger partial charge in [-0.25, -0.2) is 0 Å². The minimum Gasteiger partial charge on any atom is -0.430 e. The minimum atomic E-state index is -1.92. The molecule has 1 heterocycles. The topological polar surface area (TPSA) is 86.7 Å². The summed E-state index contributed by atoms with van der Waals surface area (Å²) in [5, 5.41) is 10.9. The van der Waals surface area contributed by atoms with Crippen molar-refractivity contribution in [1.29, 1.82) is 0 Å². The zero-order chi connectivity index (χ0) is 17.6. The number of hydroxylamine groups is 2. The maximum Gasteiger partial charge on any atom is 1.00 e. The van der Waals surface area contributed by atoms with Gasteiger partial charge < -0.3 is 14.7 Å². The van der Waals surface area contributed by atoms with Gasteiger partial charge in [-0.2, -0.15) is 5.06 Å². The van der Waals surface area contributed by atoms with E-state index in [-0.39, 0.29) is 31.2 Å². The Balaban J connectivity index is 0.00000196. The first-order valence-electron chi connectivity index (χ1n) is 8.00. The third kappa shape index (κ3) is 2.92. The van der Waals surface area contributed by atoms with E-state index in [2.05, 4.69) is 4.84 Å². The van der Waals surface area contributed by atoms with Gasteiger partial charge in [0, 0.05) is 12.3 Å². The third-order valence-corrected chi connectivity index (χ3v) is 4.85. The van der Waals surface area contributed by atoms with Crippen LogP contribution in [0.2, 0.25) is 0 Å². The van der Waals surface area contributed by atoms with Crippen LogP contribution in [0.25, 0.3) is 11.1 Å². The number of hydrogen-bond donors (Lipinski definition) is 0. The van der Waals surface area contributed by atoms with E-state index in [1.165, 1.54) is 0 Å². The van der Waals surface area contributed by atoms with Crippen LogP contribution in [0, 0.1) is 5.92 Å². The average Bonchev–Trinajstić information content (AvgIpc) is 3.05. The number of amides is 2. The molecule has 2 aliphatic rings. The Morgan fingerprint density at radius 3 is 2.12 bits per heavy atom. The molecule has 2 amide bonds. The fourth-order valence-electron chi connectivity index (χ4n) is 3.82. The van der Waals surface area contributed by atoms with Crippen LogP contribution in [-0.4, -0.2) is 23.0 Å². The van der Waals surface area contributed by atoms with E-state index < -0.39 is 23.9 Å². The van der Waals surface area contributed by atoms with Gasteiger partial charge in [0.15, 0.2) is 0 Å². The van der Waals surface area contributed by atoms with E-state index in [4.69, 9.17) is 0 Å². The molecule has 1 unspecified atom stereocenters. The molecule has 1 aliphatic heterocycles. The normalized spacial score (nSPS) is 18.3. The Morgan fingerprint density at radius 2 is 1.58 bits per heavy atom. The molecule has 7 heteroatoms. The van der Waals surface area contributed by atoms with Crippen LogP contribution in [-0.2, 0) is 14.4 Å². The van der Waals surface area contributed by atoms with E-state index in [1.54, 1.807) is 0 Å². The summed E-state index contributed by atoms with van der Waals surface area (Å²) in [6.07, 6.45) is -1.56. The molecule has 6 nitrogen and oxygen atoms in total. The molecule has 4 rings (SSSR count). The van der Waals surface area contributed by atoms with Crippen molar-refractivity contribution in [2.45, 2.75) is 18.8 Å². The first kappa shape index (κ1) is 18.2. The van der Waals surface area contributed by atoms with Crippen molar-refractivity contribution in [1.82, 2.24) is 5.06 Å². The van der Waals surface area contributed by atoms with Gasteiger partial charge in [0.1, 0.15) is 0 Å². The molecule has 0 aromatic heterocycles. The Hall–Kier alpha value is -2.55. The van der Waals surface area contributed by atoms with Crippen LogP contribution in [0.3, 0.4) is 0 Å². The molecule has 1 fully saturated rings. The summed E-state index contributed by atoms with van der Waals surface area (Å²) in [4.78, 5) is 39.0. The van der Waals surface area contributed by atoms with E-state index in [9.17, 15) is 19.5 Å². The van der Waals surface area contributed by atoms with Gasteiger partial charge in [-0.15, -0.1) is 0 Å². The van der Waals surface area contributed by atoms with E-state index in [1.807, 2.05) is 48.5 Å². The summed E-state index contributed by atoms with van der Waals surface area (Å²) in [6.45, 7) is 0. The van der Waals surface area contributed by atoms with Crippen molar-refractivity contribution in [3.05, 3.63) is 59.7 Å². The van der Waals surface area contributed by atoms with Crippen molar-refractivity contribution in [2.24, 2.45) is 5.92 Å². The van der Waals surface area contributed by atoms with Crippen molar-refractivity contribution in [3.63, 3.8) is 0 Å². The summed E-state index contributed by atoms with van der Waals surface area (Å²) in [6, 6.07) is 16.0. The van der Waals surface area contributed by atoms with Gasteiger partial charge in [-0.05, 0) is 28.7 Å². The molecule has 0 bridgehead atoms. The second-order valence-electron chi connectivity index (χ2n) is 6.23. The van der Waals surface area contributed by atoms with Crippen LogP contribution >= 0.6 is 0 Å². The number of carboxylic acid groups (broad SMARTS) is 1. The summed E-state index contributed by atoms with van der Waals surface area (Å²) < 4.78 is 0. The maximum atomic E-state index is 12.4. The van der Waals surface area contributed by atoms with Crippen LogP contribution in [0.15, 0.2) is 48.5 Å². The standard InChI is InChI=1S/C19H15NO5.Li/c21-17-10-11(18(22)20(17)25-19(23)24)9-16-14-7-3-1-5-12(14)13-6-2-4-8-15(13)16;/h1-8,11,16H,9-10H2,(H,23,24);/q;+1/p-1. The number of hydrogen-bond acceptors (Lipinski definition) is 5. The predicted octanol–water partition coefficient (Wildman–Crippen LogP) is -1.16. The first-order chi connectivity index (χ1) is 12.1. The van der Waals surface area contributed by atoms with Gasteiger partial charge in [-0.1, -0.05) is 48.5 Å². The molecule has 0 radical (unpaired) electrons. The molecule has 126 valence electrons. The van der Waals surface area contributed by atoms with Crippen LogP contribution < -0.4 is 24.0 Å². The van der Waals surface area contributed by atoms with Crippen molar-refractivity contribution >= 4 is 18.0 Å². The number of carbonyl (C=O) groups excluding carboxylic acids is 3. The molecular weight excluding hydrogens is 329 g/mol. The minimum absolute atomic E-state index is 0. The molecule has 1 aliphatic carbocycles. The van der Waals surface area contributed by atoms with E-state index in [0.717, 1.165) is 22.3 Å². The van der Waals surface area contributed by atoms with Crippen molar-refractivity contribution in [2.75, 3.05) is 0 Å². The smallest absolute Gasteiger partial charge is 0.430 e. The summed E-state index contributed by atoms with van der Waals surface area (Å²) in [5.74, 6) is -1.91. The van der Waals surface area contributed by atoms with E-state index >= 15 is 0 Å². The van der Waals surface area contributed by atoms with Gasteiger partial charge in [-0.3, -0.25) is 9.59 Å². The molecule has 2 aromatic rings. The summed E-state index contributed by atoms with van der Waals surface area (Å²) >= 11 is 0. The zero-order valence-corrected chi connectivity index (χ0v) is 14.2. The van der Waals surface area contributed by atoms with Crippen LogP contribution in [0.5, 0.6) is 0 Å². The van der Waals surface area contributed by atoms with Crippen LogP contribution in [0.1, 0.15) is 29.9 Å². The largest absolute Gasteiger partial charge is 1.00 e. The Morgan fingerprint density at radius 1 is 1.04 bits per heavy atom. The van der Waals surface area contributed by atoms with Gasteiger partial charge in [0.2, 0.25) is 5.91 Å². The molecule has 1 atom stereocenters. The second kappa shape index (κ2) is 6.99. The first-order valence-corrected chi connectivity index (χ1v) is 8.00. The quantitative estimate of drug-likeness (QED) is 0.518. The second-order valence-corrected chi connectivity index (χ2v) is 6.23. The SMILES string of the molecule is O=C([O-])ON1C(=O)CC(CC2c3ccccc3-c3ccccc32)C1=O.[Li+]. The zero-order valence-electron chi connectivity index (χ0n) is 14.2. The Bertz CT molecular complexity index is 852. The van der Waals surface area contributed by atoms with Gasteiger partial charge >= 0.3 is 18.9 Å². The van der Waals surface area contributed by atoms with Crippen molar-refractivity contribution < 1.29 is 43.2 Å². The molecule has 0 N–H and O–H groups in total. The maximum absolute atomic E-state index is 12.4. The molecule has 1 saturated heterocycles. The molecule has 0 spiro atoms. The number of fused-ring (bicyclic) bond motifs is 3. The fourth-order valence-corrected chi connectivity index (χ4v) is 3.82. The number of rotatable bonds is 3. The summed E-state index contributed by atoms with van der Waals surface area (Å²) in [7, 11) is 0. The third-order valence-electron chi connectivity index (χ3n) is 4.85. The summed E-state index contributed by atoms with van der Waals surface area (Å²) in [5.41, 5.74) is 4.48. The number of nitrogens with zero attached hydrogens (tertiary/aromatic N) is 1. The predicted molar refractivity (Wildman–Crippen MR) is 84.8 cm³/mol. The fraction of sp³-hybridized carbons (Fsp3) is 0.211. The average molecular weight is 343 g/mol. The number of benzene rings is 2. The van der Waals surface area contributed by atoms with Gasteiger partial charge in [0.05, 0.1) is 5.92 Å². The van der Waals surface area contributed by atoms with Gasteiger partial charge in [0.25, 0.3) is 12.1 Å². The Kier molecular flexibility index (Phi) is 4.90. The molecule has 0 saturated carbocycles. The van der Waals surface area contributed by atoms with Crippen LogP contribution in [0.4, 0.5) is 4.79 Å². The molecular formula is C19H14LiNO5.